The number of hydrogen-bond donors (Lipinski definition) is 0. The molecule has 0 aliphatic carbocycles. The number of allylic oxidation sites excluding steroid dienone is 1. The van der Waals surface area contributed by atoms with Crippen molar-refractivity contribution in [1.82, 2.24) is 0 Å². The Hall–Kier alpha value is -0.590. The molecule has 0 bridgehead atoms. The number of carbonyl (C=O) groups is 1. The molecule has 0 heterocycles. The van der Waals surface area contributed by atoms with Crippen molar-refractivity contribution in [2.24, 2.45) is 5.41 Å². The highest BCUT2D eigenvalue weighted by Crippen LogP contribution is 2.24. The number of hydrogen-bond acceptors (Lipinski definition) is 1. The second kappa shape index (κ2) is 2.81. The third kappa shape index (κ3) is 3.07. The van der Waals surface area contributed by atoms with E-state index in [-0.39, 0.29) is 5.41 Å². The molecule has 0 spiro atoms. The van der Waals surface area contributed by atoms with E-state index in [0.29, 0.717) is 6.42 Å². The van der Waals surface area contributed by atoms with Gasteiger partial charge in [0, 0.05) is 6.42 Å². The van der Waals surface area contributed by atoms with Crippen molar-refractivity contribution in [2.45, 2.75) is 27.2 Å². The molecule has 1 heteroatoms. The van der Waals surface area contributed by atoms with Gasteiger partial charge in [0.1, 0.15) is 6.29 Å². The van der Waals surface area contributed by atoms with Crippen LogP contribution in [-0.4, -0.2) is 6.29 Å². The van der Waals surface area contributed by atoms with E-state index in [1.807, 2.05) is 0 Å². The van der Waals surface area contributed by atoms with Gasteiger partial charge < -0.3 is 4.79 Å². The summed E-state index contributed by atoms with van der Waals surface area (Å²) in [6, 6.07) is 0. The maximum Gasteiger partial charge on any atom is 0.124 e. The highest BCUT2D eigenvalue weighted by molar-refractivity contribution is 5.54. The molecule has 0 aliphatic heterocycles. The van der Waals surface area contributed by atoms with Crippen molar-refractivity contribution in [3.05, 3.63) is 12.2 Å². The van der Waals surface area contributed by atoms with Crippen molar-refractivity contribution >= 4 is 6.29 Å². The van der Waals surface area contributed by atoms with Crippen LogP contribution in [0.1, 0.15) is 27.2 Å². The van der Waals surface area contributed by atoms with E-state index in [1.165, 1.54) is 0 Å². The van der Waals surface area contributed by atoms with Crippen LogP contribution in [0, 0.1) is 5.41 Å². The average molecular weight is 126 g/mol. The molecule has 0 aromatic carbocycles. The third-order valence-electron chi connectivity index (χ3n) is 1.39. The minimum atomic E-state index is 0.0842. The topological polar surface area (TPSA) is 17.1 Å². The molecule has 0 N–H and O–H groups in total. The fourth-order valence-corrected chi connectivity index (χ4v) is 0.407. The molecule has 0 saturated carbocycles. The van der Waals surface area contributed by atoms with Crippen LogP contribution in [-0.2, 0) is 4.79 Å². The fraction of sp³-hybridized carbons (Fsp3) is 0.625. The first kappa shape index (κ1) is 8.41. The van der Waals surface area contributed by atoms with Gasteiger partial charge in [0.15, 0.2) is 0 Å². The van der Waals surface area contributed by atoms with Crippen LogP contribution in [0.4, 0.5) is 0 Å². The summed E-state index contributed by atoms with van der Waals surface area (Å²) < 4.78 is 0. The van der Waals surface area contributed by atoms with Crippen LogP contribution >= 0.6 is 0 Å². The van der Waals surface area contributed by atoms with E-state index in [4.69, 9.17) is 0 Å². The number of aldehydes is 1. The van der Waals surface area contributed by atoms with Crippen molar-refractivity contribution < 1.29 is 4.79 Å². The second-order valence-corrected chi connectivity index (χ2v) is 3.22. The van der Waals surface area contributed by atoms with E-state index in [9.17, 15) is 4.79 Å². The average Bonchev–Trinajstić information content (AvgIpc) is 1.64. The summed E-state index contributed by atoms with van der Waals surface area (Å²) in [6.45, 7) is 9.95. The SMILES string of the molecule is C=C(CC=O)C(C)(C)C. The molecule has 0 radical (unpaired) electrons. The van der Waals surface area contributed by atoms with Gasteiger partial charge in [0.2, 0.25) is 0 Å². The first-order valence-corrected chi connectivity index (χ1v) is 3.10. The Bertz CT molecular complexity index is 117. The zero-order valence-corrected chi connectivity index (χ0v) is 6.40. The van der Waals surface area contributed by atoms with E-state index >= 15 is 0 Å². The van der Waals surface area contributed by atoms with Gasteiger partial charge in [0.25, 0.3) is 0 Å². The first-order chi connectivity index (χ1) is 3.98. The van der Waals surface area contributed by atoms with Crippen LogP contribution in [0.25, 0.3) is 0 Å². The Morgan fingerprint density at radius 3 is 2.11 bits per heavy atom. The maximum atomic E-state index is 10.0. The summed E-state index contributed by atoms with van der Waals surface area (Å²) in [5.41, 5.74) is 1.08. The smallest absolute Gasteiger partial charge is 0.124 e. The lowest BCUT2D eigenvalue weighted by molar-refractivity contribution is -0.107. The summed E-state index contributed by atoms with van der Waals surface area (Å²) >= 11 is 0. The minimum Gasteiger partial charge on any atom is -0.303 e. The molecule has 0 aliphatic rings. The highest BCUT2D eigenvalue weighted by Gasteiger charge is 2.13. The number of rotatable bonds is 2. The molecular formula is C8H14O. The minimum absolute atomic E-state index is 0.0842. The van der Waals surface area contributed by atoms with Gasteiger partial charge in [-0.3, -0.25) is 0 Å². The molecule has 0 fully saturated rings. The lowest BCUT2D eigenvalue weighted by atomic mass is 9.86. The van der Waals surface area contributed by atoms with E-state index in [2.05, 4.69) is 27.4 Å². The standard InChI is InChI=1S/C8H14O/c1-7(5-6-9)8(2,3)4/h6H,1,5H2,2-4H3. The van der Waals surface area contributed by atoms with Crippen molar-refractivity contribution in [3.8, 4) is 0 Å². The van der Waals surface area contributed by atoms with Crippen LogP contribution in [0.15, 0.2) is 12.2 Å². The van der Waals surface area contributed by atoms with Gasteiger partial charge in [-0.05, 0) is 5.41 Å². The Balaban J connectivity index is 3.88. The first-order valence-electron chi connectivity index (χ1n) is 3.10. The normalized spacial score (nSPS) is 11.0. The molecule has 0 amide bonds. The van der Waals surface area contributed by atoms with Crippen LogP contribution in [0.3, 0.4) is 0 Å². The highest BCUT2D eigenvalue weighted by atomic mass is 16.1. The summed E-state index contributed by atoms with van der Waals surface area (Å²) in [5.74, 6) is 0. The summed E-state index contributed by atoms with van der Waals surface area (Å²) in [6.07, 6.45) is 1.39. The zero-order valence-electron chi connectivity index (χ0n) is 6.40. The van der Waals surface area contributed by atoms with Crippen molar-refractivity contribution in [3.63, 3.8) is 0 Å². The van der Waals surface area contributed by atoms with Crippen molar-refractivity contribution in [2.75, 3.05) is 0 Å². The van der Waals surface area contributed by atoms with E-state index < -0.39 is 0 Å². The predicted molar refractivity (Wildman–Crippen MR) is 39.3 cm³/mol. The van der Waals surface area contributed by atoms with Gasteiger partial charge >= 0.3 is 0 Å². The van der Waals surface area contributed by atoms with E-state index in [0.717, 1.165) is 11.9 Å². The second-order valence-electron chi connectivity index (χ2n) is 3.22. The molecule has 1 nitrogen and oxygen atoms in total. The van der Waals surface area contributed by atoms with Gasteiger partial charge in [-0.25, -0.2) is 0 Å². The molecule has 52 valence electrons. The Kier molecular flexibility index (Phi) is 2.63. The van der Waals surface area contributed by atoms with Gasteiger partial charge in [-0.15, -0.1) is 0 Å². The predicted octanol–water partition coefficient (Wildman–Crippen LogP) is 2.18. The molecule has 0 aromatic heterocycles. The Labute approximate surface area is 56.8 Å². The zero-order chi connectivity index (χ0) is 7.49. The summed E-state index contributed by atoms with van der Waals surface area (Å²) in [5, 5.41) is 0. The van der Waals surface area contributed by atoms with Gasteiger partial charge in [0.05, 0.1) is 0 Å². The van der Waals surface area contributed by atoms with Crippen LogP contribution < -0.4 is 0 Å². The largest absolute Gasteiger partial charge is 0.303 e. The Morgan fingerprint density at radius 1 is 1.56 bits per heavy atom. The van der Waals surface area contributed by atoms with E-state index in [1.54, 1.807) is 0 Å². The quantitative estimate of drug-likeness (QED) is 0.409. The summed E-state index contributed by atoms with van der Waals surface area (Å²) in [4.78, 5) is 10.0. The molecule has 0 atom stereocenters. The lowest BCUT2D eigenvalue weighted by Gasteiger charge is -2.19. The molecular weight excluding hydrogens is 112 g/mol. The molecule has 0 saturated heterocycles. The maximum absolute atomic E-state index is 10.0. The molecule has 9 heavy (non-hydrogen) atoms. The number of carbonyl (C=O) groups excluding carboxylic acids is 1. The third-order valence-corrected chi connectivity index (χ3v) is 1.39. The molecule has 0 rings (SSSR count). The van der Waals surface area contributed by atoms with Crippen molar-refractivity contribution in [1.29, 1.82) is 0 Å². The van der Waals surface area contributed by atoms with Gasteiger partial charge in [-0.1, -0.05) is 32.9 Å². The van der Waals surface area contributed by atoms with Crippen LogP contribution in [0.5, 0.6) is 0 Å². The van der Waals surface area contributed by atoms with Gasteiger partial charge in [-0.2, -0.15) is 0 Å². The summed E-state index contributed by atoms with van der Waals surface area (Å²) in [7, 11) is 0. The Morgan fingerprint density at radius 2 is 2.00 bits per heavy atom. The molecule has 0 aromatic rings. The fourth-order valence-electron chi connectivity index (χ4n) is 0.407. The van der Waals surface area contributed by atoms with Crippen LogP contribution in [0.2, 0.25) is 0 Å². The lowest BCUT2D eigenvalue weighted by Crippen LogP contribution is -2.08. The molecule has 0 unspecified atom stereocenters. The monoisotopic (exact) mass is 126 g/mol.